The molecule has 7 nitrogen and oxygen atoms in total. The van der Waals surface area contributed by atoms with E-state index in [0.717, 1.165) is 10.4 Å². The second-order valence-corrected chi connectivity index (χ2v) is 6.54. The number of non-ortho nitro benzene ring substituents is 1. The molecule has 0 atom stereocenters. The maximum absolute atomic E-state index is 12.7. The van der Waals surface area contributed by atoms with Gasteiger partial charge in [0.05, 0.1) is 16.5 Å². The smallest absolute Gasteiger partial charge is 0.267 e. The number of benzene rings is 1. The topological polar surface area (TPSA) is 90.4 Å². The van der Waals surface area contributed by atoms with E-state index >= 15 is 0 Å². The average Bonchev–Trinajstić information content (AvgIpc) is 2.82. The number of aromatic nitrogens is 2. The summed E-state index contributed by atoms with van der Waals surface area (Å²) >= 11 is 1.49. The highest BCUT2D eigenvalue weighted by atomic mass is 32.1. The normalized spacial score (nSPS) is 11.5. The predicted octanol–water partition coefficient (Wildman–Crippen LogP) is 3.17. The first-order chi connectivity index (χ1) is 11.4. The van der Waals surface area contributed by atoms with Crippen LogP contribution in [0.15, 0.2) is 34.2 Å². The summed E-state index contributed by atoms with van der Waals surface area (Å²) in [7, 11) is 0. The maximum Gasteiger partial charge on any atom is 0.283 e. The molecular formula is C16H14N4O3S. The van der Waals surface area contributed by atoms with Crippen LogP contribution in [0.25, 0.3) is 10.2 Å². The number of nitro groups is 1. The molecule has 24 heavy (non-hydrogen) atoms. The van der Waals surface area contributed by atoms with Gasteiger partial charge in [-0.05, 0) is 44.0 Å². The molecule has 0 amide bonds. The van der Waals surface area contributed by atoms with Crippen LogP contribution in [0.3, 0.4) is 0 Å². The van der Waals surface area contributed by atoms with Crippen LogP contribution in [-0.2, 0) is 0 Å². The summed E-state index contributed by atoms with van der Waals surface area (Å²) in [6, 6.07) is 5.94. The van der Waals surface area contributed by atoms with Gasteiger partial charge in [0.1, 0.15) is 10.7 Å². The minimum atomic E-state index is -0.463. The van der Waals surface area contributed by atoms with E-state index < -0.39 is 4.92 Å². The van der Waals surface area contributed by atoms with Crippen LogP contribution >= 0.6 is 11.3 Å². The highest BCUT2D eigenvalue weighted by molar-refractivity contribution is 7.18. The monoisotopic (exact) mass is 342 g/mol. The fourth-order valence-corrected chi connectivity index (χ4v) is 3.39. The second kappa shape index (κ2) is 5.97. The van der Waals surface area contributed by atoms with Gasteiger partial charge in [-0.3, -0.25) is 14.9 Å². The lowest BCUT2D eigenvalue weighted by Gasteiger charge is -2.03. The predicted molar refractivity (Wildman–Crippen MR) is 94.2 cm³/mol. The number of nitrogens with zero attached hydrogens (tertiary/aromatic N) is 4. The summed E-state index contributed by atoms with van der Waals surface area (Å²) in [4.78, 5) is 29.1. The van der Waals surface area contributed by atoms with Crippen LogP contribution in [0.5, 0.6) is 0 Å². The Morgan fingerprint density at radius 1 is 1.25 bits per heavy atom. The van der Waals surface area contributed by atoms with Crippen LogP contribution < -0.4 is 5.56 Å². The average molecular weight is 342 g/mol. The summed E-state index contributed by atoms with van der Waals surface area (Å²) < 4.78 is 1.25. The third-order valence-corrected chi connectivity index (χ3v) is 4.87. The number of thiophene rings is 1. The van der Waals surface area contributed by atoms with Crippen LogP contribution in [-0.4, -0.2) is 20.8 Å². The number of rotatable bonds is 3. The van der Waals surface area contributed by atoms with Gasteiger partial charge >= 0.3 is 0 Å². The first kappa shape index (κ1) is 16.0. The largest absolute Gasteiger partial charge is 0.283 e. The molecule has 1 aromatic carbocycles. The van der Waals surface area contributed by atoms with Crippen molar-refractivity contribution in [2.45, 2.75) is 20.8 Å². The Morgan fingerprint density at radius 2 is 1.92 bits per heavy atom. The lowest BCUT2D eigenvalue weighted by atomic mass is 10.2. The molecule has 0 aliphatic rings. The van der Waals surface area contributed by atoms with Gasteiger partial charge in [-0.15, -0.1) is 11.3 Å². The van der Waals surface area contributed by atoms with E-state index in [4.69, 9.17) is 0 Å². The van der Waals surface area contributed by atoms with Crippen molar-refractivity contribution in [2.75, 3.05) is 0 Å². The van der Waals surface area contributed by atoms with Gasteiger partial charge in [-0.25, -0.2) is 4.98 Å². The van der Waals surface area contributed by atoms with E-state index in [-0.39, 0.29) is 11.2 Å². The lowest BCUT2D eigenvalue weighted by Crippen LogP contribution is -2.20. The van der Waals surface area contributed by atoms with E-state index in [1.807, 2.05) is 13.8 Å². The van der Waals surface area contributed by atoms with Crippen molar-refractivity contribution in [3.8, 4) is 0 Å². The third-order valence-electron chi connectivity index (χ3n) is 3.77. The van der Waals surface area contributed by atoms with Gasteiger partial charge in [-0.2, -0.15) is 9.78 Å². The Labute approximate surface area is 141 Å². The highest BCUT2D eigenvalue weighted by Crippen LogP contribution is 2.26. The van der Waals surface area contributed by atoms with Crippen molar-refractivity contribution >= 4 is 33.5 Å². The summed E-state index contributed by atoms with van der Waals surface area (Å²) in [6.45, 7) is 5.58. The van der Waals surface area contributed by atoms with Gasteiger partial charge in [0.15, 0.2) is 0 Å². The molecule has 0 aliphatic carbocycles. The molecule has 0 N–H and O–H groups in total. The second-order valence-electron chi connectivity index (χ2n) is 5.33. The minimum absolute atomic E-state index is 0.00737. The number of hydrogen-bond acceptors (Lipinski definition) is 6. The van der Waals surface area contributed by atoms with Crippen molar-refractivity contribution in [1.82, 2.24) is 9.66 Å². The van der Waals surface area contributed by atoms with Gasteiger partial charge in [-0.1, -0.05) is 0 Å². The first-order valence-corrected chi connectivity index (χ1v) is 7.98. The number of nitro benzene ring substituents is 1. The SMILES string of the molecule is Cc1sc2nc(C)n(N=Cc3ccc([N+](=O)[O-])cc3)c(=O)c2c1C. The van der Waals surface area contributed by atoms with Crippen LogP contribution in [0.1, 0.15) is 21.8 Å². The van der Waals surface area contributed by atoms with E-state index in [9.17, 15) is 14.9 Å². The summed E-state index contributed by atoms with van der Waals surface area (Å²) in [5.41, 5.74) is 1.38. The Morgan fingerprint density at radius 3 is 2.54 bits per heavy atom. The molecule has 8 heteroatoms. The van der Waals surface area contributed by atoms with Crippen molar-refractivity contribution in [3.05, 3.63) is 66.6 Å². The molecule has 0 saturated carbocycles. The van der Waals surface area contributed by atoms with Gasteiger partial charge < -0.3 is 0 Å². The molecule has 0 saturated heterocycles. The van der Waals surface area contributed by atoms with E-state index in [1.165, 1.54) is 34.4 Å². The highest BCUT2D eigenvalue weighted by Gasteiger charge is 2.14. The van der Waals surface area contributed by atoms with Gasteiger partial charge in [0.25, 0.3) is 11.2 Å². The van der Waals surface area contributed by atoms with Crippen LogP contribution in [0.2, 0.25) is 0 Å². The van der Waals surface area contributed by atoms with Crippen molar-refractivity contribution < 1.29 is 4.92 Å². The first-order valence-electron chi connectivity index (χ1n) is 7.16. The van der Waals surface area contributed by atoms with E-state index in [1.54, 1.807) is 19.1 Å². The van der Waals surface area contributed by atoms with E-state index in [0.29, 0.717) is 21.6 Å². The molecule has 2 aromatic heterocycles. The molecule has 3 aromatic rings. The maximum atomic E-state index is 12.7. The molecule has 0 fully saturated rings. The minimum Gasteiger partial charge on any atom is -0.267 e. The lowest BCUT2D eigenvalue weighted by molar-refractivity contribution is -0.384. The van der Waals surface area contributed by atoms with Crippen molar-refractivity contribution in [1.29, 1.82) is 0 Å². The quantitative estimate of drug-likeness (QED) is 0.415. The Hall–Kier alpha value is -2.87. The molecule has 0 aliphatic heterocycles. The molecule has 3 rings (SSSR count). The summed E-state index contributed by atoms with van der Waals surface area (Å²) in [5, 5.41) is 15.4. The Balaban J connectivity index is 2.05. The molecule has 0 spiro atoms. The molecule has 0 unspecified atom stereocenters. The molecule has 2 heterocycles. The molecule has 0 bridgehead atoms. The van der Waals surface area contributed by atoms with Crippen LogP contribution in [0.4, 0.5) is 5.69 Å². The molecule has 0 radical (unpaired) electrons. The van der Waals surface area contributed by atoms with Gasteiger partial charge in [0.2, 0.25) is 0 Å². The molecule has 122 valence electrons. The summed E-state index contributed by atoms with van der Waals surface area (Å²) in [5.74, 6) is 0.493. The van der Waals surface area contributed by atoms with E-state index in [2.05, 4.69) is 10.1 Å². The van der Waals surface area contributed by atoms with Crippen molar-refractivity contribution in [3.63, 3.8) is 0 Å². The third kappa shape index (κ3) is 2.71. The zero-order valence-corrected chi connectivity index (χ0v) is 14.1. The Bertz CT molecular complexity index is 1030. The number of fused-ring (bicyclic) bond motifs is 1. The number of hydrogen-bond donors (Lipinski definition) is 0. The van der Waals surface area contributed by atoms with Crippen LogP contribution in [0, 0.1) is 30.9 Å². The Kier molecular flexibility index (Phi) is 3.98. The fourth-order valence-electron chi connectivity index (χ4n) is 2.33. The standard InChI is InChI=1S/C16H14N4O3S/c1-9-10(2)24-15-14(9)16(21)19(11(3)18-15)17-8-12-4-6-13(7-5-12)20(22)23/h4-8H,1-3H3. The zero-order valence-electron chi connectivity index (χ0n) is 13.3. The number of aryl methyl sites for hydroxylation is 3. The molecular weight excluding hydrogens is 328 g/mol. The summed E-state index contributed by atoms with van der Waals surface area (Å²) in [6.07, 6.45) is 1.49. The fraction of sp³-hybridized carbons (Fsp3) is 0.188. The zero-order chi connectivity index (χ0) is 17.4. The van der Waals surface area contributed by atoms with Gasteiger partial charge in [0, 0.05) is 17.0 Å². The van der Waals surface area contributed by atoms with Crippen molar-refractivity contribution in [2.24, 2.45) is 5.10 Å².